The molecule has 0 radical (unpaired) electrons. The number of anilines is 2. The van der Waals surface area contributed by atoms with Crippen LogP contribution in [0.1, 0.15) is 11.4 Å². The first kappa shape index (κ1) is 11.6. The highest BCUT2D eigenvalue weighted by Crippen LogP contribution is 2.24. The van der Waals surface area contributed by atoms with E-state index in [4.69, 9.17) is 0 Å². The highest BCUT2D eigenvalue weighted by Gasteiger charge is 2.15. The van der Waals surface area contributed by atoms with Gasteiger partial charge in [0.1, 0.15) is 11.2 Å². The molecule has 0 aliphatic heterocycles. The molecule has 2 heterocycles. The van der Waals surface area contributed by atoms with E-state index < -0.39 is 0 Å². The van der Waals surface area contributed by atoms with Crippen LogP contribution in [0.4, 0.5) is 15.9 Å². The normalized spacial score (nSPS) is 10.9. The van der Waals surface area contributed by atoms with Crippen molar-refractivity contribution < 1.29 is 9.37 Å². The molecule has 0 atom stereocenters. The highest BCUT2D eigenvalue weighted by molar-refractivity contribution is 5.90. The SMILES string of the molecule is Cc1nc(Nc2ccc(F)cc2)c2c(C)c[nH]c2[nH+]1. The van der Waals surface area contributed by atoms with E-state index >= 15 is 0 Å². The Morgan fingerprint density at radius 1 is 1.21 bits per heavy atom. The summed E-state index contributed by atoms with van der Waals surface area (Å²) >= 11 is 0. The maximum absolute atomic E-state index is 12.9. The zero-order valence-electron chi connectivity index (χ0n) is 10.7. The van der Waals surface area contributed by atoms with E-state index in [0.717, 1.165) is 33.9 Å². The van der Waals surface area contributed by atoms with Gasteiger partial charge in [-0.15, -0.1) is 0 Å². The molecule has 0 amide bonds. The third kappa shape index (κ3) is 2.14. The first-order chi connectivity index (χ1) is 9.13. The summed E-state index contributed by atoms with van der Waals surface area (Å²) in [6.07, 6.45) is 1.93. The van der Waals surface area contributed by atoms with Crippen LogP contribution in [-0.4, -0.2) is 9.97 Å². The van der Waals surface area contributed by atoms with Crippen molar-refractivity contribution in [3.63, 3.8) is 0 Å². The second-order valence-corrected chi connectivity index (χ2v) is 4.52. The van der Waals surface area contributed by atoms with Crippen LogP contribution >= 0.6 is 0 Å². The Morgan fingerprint density at radius 3 is 2.68 bits per heavy atom. The fraction of sp³-hybridized carbons (Fsp3) is 0.143. The first-order valence-corrected chi connectivity index (χ1v) is 6.03. The van der Waals surface area contributed by atoms with Crippen molar-refractivity contribution in [3.8, 4) is 0 Å². The van der Waals surface area contributed by atoms with Crippen molar-refractivity contribution in [2.24, 2.45) is 0 Å². The van der Waals surface area contributed by atoms with Gasteiger partial charge in [-0.3, -0.25) is 4.98 Å². The van der Waals surface area contributed by atoms with Gasteiger partial charge in [-0.1, -0.05) is 4.98 Å². The monoisotopic (exact) mass is 257 g/mol. The lowest BCUT2D eigenvalue weighted by Gasteiger charge is -2.04. The highest BCUT2D eigenvalue weighted by atomic mass is 19.1. The van der Waals surface area contributed by atoms with Gasteiger partial charge in [-0.05, 0) is 36.8 Å². The Kier molecular flexibility index (Phi) is 2.67. The molecule has 0 saturated carbocycles. The van der Waals surface area contributed by atoms with Gasteiger partial charge in [-0.25, -0.2) is 9.37 Å². The fourth-order valence-corrected chi connectivity index (χ4v) is 2.12. The summed E-state index contributed by atoms with van der Waals surface area (Å²) in [6.45, 7) is 3.91. The second kappa shape index (κ2) is 4.35. The zero-order valence-corrected chi connectivity index (χ0v) is 10.7. The van der Waals surface area contributed by atoms with Gasteiger partial charge in [0.25, 0.3) is 0 Å². The zero-order chi connectivity index (χ0) is 13.4. The number of rotatable bonds is 2. The fourth-order valence-electron chi connectivity index (χ4n) is 2.12. The van der Waals surface area contributed by atoms with Crippen LogP contribution in [0.15, 0.2) is 30.5 Å². The smallest absolute Gasteiger partial charge is 0.236 e. The number of nitrogens with one attached hydrogen (secondary N) is 3. The molecule has 4 nitrogen and oxygen atoms in total. The van der Waals surface area contributed by atoms with E-state index in [9.17, 15) is 4.39 Å². The number of hydrogen-bond acceptors (Lipinski definition) is 2. The third-order valence-corrected chi connectivity index (χ3v) is 3.01. The summed E-state index contributed by atoms with van der Waals surface area (Å²) in [5, 5.41) is 4.23. The van der Waals surface area contributed by atoms with E-state index in [0.29, 0.717) is 0 Å². The summed E-state index contributed by atoms with van der Waals surface area (Å²) in [4.78, 5) is 10.8. The van der Waals surface area contributed by atoms with Crippen molar-refractivity contribution in [3.05, 3.63) is 47.7 Å². The average Bonchev–Trinajstić information content (AvgIpc) is 2.74. The van der Waals surface area contributed by atoms with Crippen molar-refractivity contribution in [2.45, 2.75) is 13.8 Å². The molecule has 3 aromatic rings. The minimum absolute atomic E-state index is 0.251. The number of halogens is 1. The van der Waals surface area contributed by atoms with E-state index in [1.54, 1.807) is 12.1 Å². The molecule has 1 aromatic carbocycles. The largest absolute Gasteiger partial charge is 0.326 e. The molecule has 0 aliphatic rings. The summed E-state index contributed by atoms with van der Waals surface area (Å²) < 4.78 is 12.9. The third-order valence-electron chi connectivity index (χ3n) is 3.01. The molecule has 96 valence electrons. The van der Waals surface area contributed by atoms with Crippen molar-refractivity contribution in [1.29, 1.82) is 0 Å². The van der Waals surface area contributed by atoms with Crippen LogP contribution in [0, 0.1) is 19.7 Å². The maximum atomic E-state index is 12.9. The lowest BCUT2D eigenvalue weighted by molar-refractivity contribution is -0.362. The summed E-state index contributed by atoms with van der Waals surface area (Å²) in [6, 6.07) is 6.23. The molecule has 0 aliphatic carbocycles. The van der Waals surface area contributed by atoms with Gasteiger partial charge in [0.15, 0.2) is 0 Å². The Balaban J connectivity index is 2.09. The molecular weight excluding hydrogens is 243 g/mol. The number of aryl methyl sites for hydroxylation is 2. The molecule has 0 bridgehead atoms. The quantitative estimate of drug-likeness (QED) is 0.741. The number of nitrogens with zero attached hydrogens (tertiary/aromatic N) is 1. The molecule has 3 N–H and O–H groups in total. The van der Waals surface area contributed by atoms with Crippen LogP contribution < -0.4 is 10.3 Å². The van der Waals surface area contributed by atoms with Gasteiger partial charge in [0.05, 0.1) is 6.20 Å². The molecule has 3 rings (SSSR count). The van der Waals surface area contributed by atoms with E-state index in [1.165, 1.54) is 12.1 Å². The number of fused-ring (bicyclic) bond motifs is 1. The van der Waals surface area contributed by atoms with Crippen LogP contribution in [0.3, 0.4) is 0 Å². The first-order valence-electron chi connectivity index (χ1n) is 6.03. The Bertz CT molecular complexity index is 731. The summed E-state index contributed by atoms with van der Waals surface area (Å²) in [5.74, 6) is 1.31. The minimum Gasteiger partial charge on any atom is -0.326 e. The van der Waals surface area contributed by atoms with Crippen LogP contribution in [0.5, 0.6) is 0 Å². The number of aromatic amines is 2. The molecular formula is C14H14FN4+. The second-order valence-electron chi connectivity index (χ2n) is 4.52. The summed E-state index contributed by atoms with van der Waals surface area (Å²) in [7, 11) is 0. The number of aromatic nitrogens is 3. The minimum atomic E-state index is -0.251. The van der Waals surface area contributed by atoms with Crippen molar-refractivity contribution in [1.82, 2.24) is 9.97 Å². The molecule has 0 unspecified atom stereocenters. The van der Waals surface area contributed by atoms with Gasteiger partial charge >= 0.3 is 0 Å². The molecule has 0 fully saturated rings. The van der Waals surface area contributed by atoms with Crippen molar-refractivity contribution in [2.75, 3.05) is 5.32 Å². The number of hydrogen-bond donors (Lipinski definition) is 2. The van der Waals surface area contributed by atoms with Gasteiger partial charge < -0.3 is 5.32 Å². The molecule has 0 spiro atoms. The lowest BCUT2D eigenvalue weighted by Crippen LogP contribution is -2.13. The standard InChI is InChI=1S/C14H13FN4/c1-8-7-16-13-12(8)14(18-9(2)17-13)19-11-5-3-10(15)4-6-11/h3-7H,1-2H3,(H2,16,17,18,19)/p+1. The predicted molar refractivity (Wildman–Crippen MR) is 71.8 cm³/mol. The molecule has 2 aromatic heterocycles. The van der Waals surface area contributed by atoms with E-state index in [-0.39, 0.29) is 5.82 Å². The van der Waals surface area contributed by atoms with Gasteiger partial charge in [0, 0.05) is 12.6 Å². The topological polar surface area (TPSA) is 54.9 Å². The lowest BCUT2D eigenvalue weighted by atomic mass is 10.2. The Labute approximate surface area is 109 Å². The Morgan fingerprint density at radius 2 is 1.95 bits per heavy atom. The van der Waals surface area contributed by atoms with E-state index in [1.807, 2.05) is 20.0 Å². The van der Waals surface area contributed by atoms with Crippen molar-refractivity contribution >= 4 is 22.5 Å². The van der Waals surface area contributed by atoms with Crippen LogP contribution in [-0.2, 0) is 0 Å². The van der Waals surface area contributed by atoms with E-state index in [2.05, 4.69) is 20.3 Å². The molecule has 19 heavy (non-hydrogen) atoms. The Hall–Kier alpha value is -2.43. The van der Waals surface area contributed by atoms with Gasteiger partial charge in [0.2, 0.25) is 17.3 Å². The number of benzene rings is 1. The average molecular weight is 257 g/mol. The summed E-state index contributed by atoms with van der Waals surface area (Å²) in [5.41, 5.74) is 2.83. The molecule has 5 heteroatoms. The van der Waals surface area contributed by atoms with Gasteiger partial charge in [-0.2, -0.15) is 0 Å². The number of H-pyrrole nitrogens is 2. The maximum Gasteiger partial charge on any atom is 0.236 e. The van der Waals surface area contributed by atoms with Crippen LogP contribution in [0.2, 0.25) is 0 Å². The predicted octanol–water partition coefficient (Wildman–Crippen LogP) is 2.88. The van der Waals surface area contributed by atoms with Crippen LogP contribution in [0.25, 0.3) is 11.0 Å². The molecule has 0 saturated heterocycles.